The molecule has 92 valence electrons. The van der Waals surface area contributed by atoms with Gasteiger partial charge in [-0.05, 0) is 52.4 Å². The molecule has 0 saturated carbocycles. The van der Waals surface area contributed by atoms with E-state index in [2.05, 4.69) is 27.9 Å². The first-order valence-electron chi connectivity index (χ1n) is 5.41. The summed E-state index contributed by atoms with van der Waals surface area (Å²) in [5, 5.41) is 2.87. The van der Waals surface area contributed by atoms with Gasteiger partial charge < -0.3 is 5.32 Å². The van der Waals surface area contributed by atoms with Gasteiger partial charge in [-0.2, -0.15) is 0 Å². The summed E-state index contributed by atoms with van der Waals surface area (Å²) in [6, 6.07) is 15.0. The quantitative estimate of drug-likeness (QED) is 0.633. The minimum Gasteiger partial charge on any atom is -0.322 e. The van der Waals surface area contributed by atoms with Gasteiger partial charge in [0, 0.05) is 15.1 Å². The summed E-state index contributed by atoms with van der Waals surface area (Å²) in [5.74, 6) is 0.332. The Labute approximate surface area is 124 Å². The van der Waals surface area contributed by atoms with E-state index >= 15 is 0 Å². The summed E-state index contributed by atoms with van der Waals surface area (Å²) in [4.78, 5) is 12.1. The van der Waals surface area contributed by atoms with Crippen molar-refractivity contribution in [3.63, 3.8) is 0 Å². The highest BCUT2D eigenvalue weighted by molar-refractivity contribution is 14.1. The Balaban J connectivity index is 2.19. The highest BCUT2D eigenvalue weighted by atomic mass is 127. The number of benzene rings is 2. The van der Waals surface area contributed by atoms with E-state index in [0.29, 0.717) is 11.4 Å². The Morgan fingerprint density at radius 3 is 2.67 bits per heavy atom. The molecule has 0 spiro atoms. The van der Waals surface area contributed by atoms with Gasteiger partial charge in [-0.3, -0.25) is 4.79 Å². The molecule has 0 aliphatic carbocycles. The third-order valence-corrected chi connectivity index (χ3v) is 3.71. The molecule has 0 aromatic heterocycles. The zero-order chi connectivity index (χ0) is 13.0. The fourth-order valence-corrected chi connectivity index (χ4v) is 2.37. The molecular weight excluding hydrogens is 361 g/mol. The van der Waals surface area contributed by atoms with E-state index in [9.17, 15) is 4.79 Å². The first-order chi connectivity index (χ1) is 8.70. The largest absolute Gasteiger partial charge is 0.322 e. The van der Waals surface area contributed by atoms with E-state index in [1.165, 1.54) is 0 Å². The molecule has 0 bridgehead atoms. The Kier molecular flexibility index (Phi) is 4.60. The van der Waals surface area contributed by atoms with Gasteiger partial charge in [-0.15, -0.1) is 11.6 Å². The standard InChI is InChI=1S/C14H11ClINO/c15-9-10-4-3-5-11(8-10)17-14(18)12-6-1-2-7-13(12)16/h1-8H,9H2,(H,17,18). The van der Waals surface area contributed by atoms with E-state index < -0.39 is 0 Å². The summed E-state index contributed by atoms with van der Waals surface area (Å²) >= 11 is 7.91. The number of alkyl halides is 1. The molecule has 0 atom stereocenters. The van der Waals surface area contributed by atoms with Gasteiger partial charge in [0.15, 0.2) is 0 Å². The third-order valence-electron chi connectivity index (χ3n) is 2.46. The molecule has 0 fully saturated rings. The summed E-state index contributed by atoms with van der Waals surface area (Å²) in [6.45, 7) is 0. The zero-order valence-electron chi connectivity index (χ0n) is 9.49. The summed E-state index contributed by atoms with van der Waals surface area (Å²) < 4.78 is 0.932. The van der Waals surface area contributed by atoms with E-state index in [0.717, 1.165) is 14.8 Å². The summed E-state index contributed by atoms with van der Waals surface area (Å²) in [5.41, 5.74) is 2.42. The van der Waals surface area contributed by atoms with Crippen molar-refractivity contribution >= 4 is 45.8 Å². The molecule has 2 aromatic rings. The number of hydrogen-bond donors (Lipinski definition) is 1. The maximum Gasteiger partial charge on any atom is 0.256 e. The van der Waals surface area contributed by atoms with Crippen molar-refractivity contribution < 1.29 is 4.79 Å². The predicted molar refractivity (Wildman–Crippen MR) is 83.1 cm³/mol. The van der Waals surface area contributed by atoms with Crippen molar-refractivity contribution in [2.24, 2.45) is 0 Å². The molecule has 0 aliphatic heterocycles. The van der Waals surface area contributed by atoms with Gasteiger partial charge in [0.05, 0.1) is 5.56 Å². The number of rotatable bonds is 3. The van der Waals surface area contributed by atoms with Gasteiger partial charge in [0.1, 0.15) is 0 Å². The van der Waals surface area contributed by atoms with Gasteiger partial charge in [0.25, 0.3) is 5.91 Å². The first kappa shape index (κ1) is 13.4. The molecule has 18 heavy (non-hydrogen) atoms. The van der Waals surface area contributed by atoms with Crippen LogP contribution in [0.3, 0.4) is 0 Å². The monoisotopic (exact) mass is 371 g/mol. The predicted octanol–water partition coefficient (Wildman–Crippen LogP) is 4.28. The number of carbonyl (C=O) groups is 1. The zero-order valence-corrected chi connectivity index (χ0v) is 12.4. The van der Waals surface area contributed by atoms with Crippen molar-refractivity contribution in [3.05, 3.63) is 63.2 Å². The number of nitrogens with one attached hydrogen (secondary N) is 1. The lowest BCUT2D eigenvalue weighted by molar-refractivity contribution is 0.102. The Morgan fingerprint density at radius 2 is 1.94 bits per heavy atom. The van der Waals surface area contributed by atoms with Crippen LogP contribution in [-0.2, 0) is 5.88 Å². The van der Waals surface area contributed by atoms with Crippen LogP contribution in [0.1, 0.15) is 15.9 Å². The third kappa shape index (κ3) is 3.23. The van der Waals surface area contributed by atoms with Crippen molar-refractivity contribution in [3.8, 4) is 0 Å². The normalized spacial score (nSPS) is 10.1. The van der Waals surface area contributed by atoms with Gasteiger partial charge in [0.2, 0.25) is 0 Å². The van der Waals surface area contributed by atoms with Crippen molar-refractivity contribution in [1.29, 1.82) is 0 Å². The number of halogens is 2. The number of amides is 1. The van der Waals surface area contributed by atoms with E-state index in [4.69, 9.17) is 11.6 Å². The minimum atomic E-state index is -0.105. The van der Waals surface area contributed by atoms with Crippen LogP contribution >= 0.6 is 34.2 Å². The lowest BCUT2D eigenvalue weighted by Crippen LogP contribution is -2.13. The molecule has 2 rings (SSSR count). The molecular formula is C14H11ClINO. The Bertz CT molecular complexity index is 571. The van der Waals surface area contributed by atoms with Crippen molar-refractivity contribution in [1.82, 2.24) is 0 Å². The maximum atomic E-state index is 12.1. The summed E-state index contributed by atoms with van der Waals surface area (Å²) in [7, 11) is 0. The molecule has 1 N–H and O–H groups in total. The molecule has 0 saturated heterocycles. The number of carbonyl (C=O) groups excluding carboxylic acids is 1. The fraction of sp³-hybridized carbons (Fsp3) is 0.0714. The minimum absolute atomic E-state index is 0.105. The fourth-order valence-electron chi connectivity index (χ4n) is 1.58. The molecule has 0 aliphatic rings. The average molecular weight is 372 g/mol. The van der Waals surface area contributed by atoms with Crippen LogP contribution in [0, 0.1) is 3.57 Å². The van der Waals surface area contributed by atoms with Crippen molar-refractivity contribution in [2.45, 2.75) is 5.88 Å². The van der Waals surface area contributed by atoms with Crippen LogP contribution in [0.5, 0.6) is 0 Å². The van der Waals surface area contributed by atoms with Crippen LogP contribution in [0.25, 0.3) is 0 Å². The first-order valence-corrected chi connectivity index (χ1v) is 7.03. The van der Waals surface area contributed by atoms with Crippen LogP contribution in [0.4, 0.5) is 5.69 Å². The second-order valence-corrected chi connectivity index (χ2v) is 5.20. The highest BCUT2D eigenvalue weighted by Gasteiger charge is 2.09. The van der Waals surface area contributed by atoms with Crippen molar-refractivity contribution in [2.75, 3.05) is 5.32 Å². The molecule has 1 amide bonds. The van der Waals surface area contributed by atoms with Crippen LogP contribution in [0.15, 0.2) is 48.5 Å². The highest BCUT2D eigenvalue weighted by Crippen LogP contribution is 2.16. The lowest BCUT2D eigenvalue weighted by Gasteiger charge is -2.07. The summed E-state index contributed by atoms with van der Waals surface area (Å²) in [6.07, 6.45) is 0. The van der Waals surface area contributed by atoms with Crippen LogP contribution in [-0.4, -0.2) is 5.91 Å². The smallest absolute Gasteiger partial charge is 0.256 e. The Hall–Kier alpha value is -1.07. The molecule has 2 nitrogen and oxygen atoms in total. The van der Waals surface area contributed by atoms with Gasteiger partial charge in [-0.1, -0.05) is 24.3 Å². The average Bonchev–Trinajstić information content (AvgIpc) is 2.39. The van der Waals surface area contributed by atoms with E-state index in [1.807, 2.05) is 48.5 Å². The molecule has 2 aromatic carbocycles. The molecule has 0 heterocycles. The van der Waals surface area contributed by atoms with Crippen LogP contribution in [0.2, 0.25) is 0 Å². The number of anilines is 1. The lowest BCUT2D eigenvalue weighted by atomic mass is 10.2. The molecule has 4 heteroatoms. The second-order valence-electron chi connectivity index (χ2n) is 3.77. The SMILES string of the molecule is O=C(Nc1cccc(CCl)c1)c1ccccc1I. The van der Waals surface area contributed by atoms with E-state index in [-0.39, 0.29) is 5.91 Å². The van der Waals surface area contributed by atoms with Gasteiger partial charge >= 0.3 is 0 Å². The number of hydrogen-bond acceptors (Lipinski definition) is 1. The maximum absolute atomic E-state index is 12.1. The van der Waals surface area contributed by atoms with Gasteiger partial charge in [-0.25, -0.2) is 0 Å². The van der Waals surface area contributed by atoms with Crippen LogP contribution < -0.4 is 5.32 Å². The second kappa shape index (κ2) is 6.20. The topological polar surface area (TPSA) is 29.1 Å². The van der Waals surface area contributed by atoms with E-state index in [1.54, 1.807) is 0 Å². The Morgan fingerprint density at radius 1 is 1.17 bits per heavy atom. The molecule has 0 unspecified atom stereocenters. The molecule has 0 radical (unpaired) electrons.